The van der Waals surface area contributed by atoms with Crippen LogP contribution in [0.25, 0.3) is 16.9 Å². The summed E-state index contributed by atoms with van der Waals surface area (Å²) in [4.78, 5) is 4.55. The van der Waals surface area contributed by atoms with E-state index in [1.165, 1.54) is 36.0 Å². The Bertz CT molecular complexity index is 1220. The third-order valence-corrected chi connectivity index (χ3v) is 6.31. The second-order valence-electron chi connectivity index (χ2n) is 6.68. The number of ether oxygens (including phenoxy) is 1. The van der Waals surface area contributed by atoms with Crippen LogP contribution >= 0.6 is 35.0 Å². The molecular formula is C23H15Cl2F3N2OS. The first-order valence-electron chi connectivity index (χ1n) is 9.36. The number of benzene rings is 3. The molecule has 0 aliphatic heterocycles. The number of thioether (sulfide) groups is 1. The molecule has 0 radical (unpaired) electrons. The van der Waals surface area contributed by atoms with E-state index in [1.54, 1.807) is 42.6 Å². The summed E-state index contributed by atoms with van der Waals surface area (Å²) in [6.07, 6.45) is 1.70. The van der Waals surface area contributed by atoms with Gasteiger partial charge in [0.1, 0.15) is 11.6 Å². The van der Waals surface area contributed by atoms with Gasteiger partial charge in [0.2, 0.25) is 0 Å². The molecule has 0 unspecified atom stereocenters. The Morgan fingerprint density at radius 3 is 2.31 bits per heavy atom. The van der Waals surface area contributed by atoms with Gasteiger partial charge in [0.05, 0.1) is 21.9 Å². The Morgan fingerprint density at radius 2 is 1.66 bits per heavy atom. The first kappa shape index (κ1) is 22.6. The van der Waals surface area contributed by atoms with Gasteiger partial charge in [-0.15, -0.1) is 0 Å². The molecule has 0 spiro atoms. The number of halogens is 5. The number of nitrogens with zero attached hydrogens (tertiary/aromatic N) is 2. The Morgan fingerprint density at radius 1 is 0.938 bits per heavy atom. The highest BCUT2D eigenvalue weighted by Crippen LogP contribution is 2.34. The van der Waals surface area contributed by atoms with E-state index in [0.717, 1.165) is 16.8 Å². The lowest BCUT2D eigenvalue weighted by molar-refractivity contribution is -0.0498. The SMILES string of the molecule is Fc1ccc(CSc2ncc(-c3ccc(Cl)c(Cl)c3)n2-c2ccc(OC(F)F)cc2)cc1. The molecule has 32 heavy (non-hydrogen) atoms. The molecule has 0 aliphatic rings. The smallest absolute Gasteiger partial charge is 0.387 e. The zero-order chi connectivity index (χ0) is 22.7. The third-order valence-electron chi connectivity index (χ3n) is 4.55. The molecular weight excluding hydrogens is 480 g/mol. The van der Waals surface area contributed by atoms with E-state index in [0.29, 0.717) is 26.6 Å². The van der Waals surface area contributed by atoms with Crippen LogP contribution in [0.5, 0.6) is 5.75 Å². The van der Waals surface area contributed by atoms with Crippen molar-refractivity contribution in [3.63, 3.8) is 0 Å². The van der Waals surface area contributed by atoms with Crippen molar-refractivity contribution in [2.24, 2.45) is 0 Å². The van der Waals surface area contributed by atoms with E-state index in [9.17, 15) is 13.2 Å². The molecule has 0 bridgehead atoms. The van der Waals surface area contributed by atoms with Gasteiger partial charge >= 0.3 is 6.61 Å². The Labute approximate surface area is 196 Å². The predicted octanol–water partition coefficient (Wildman–Crippen LogP) is 7.88. The van der Waals surface area contributed by atoms with Gasteiger partial charge in [-0.1, -0.05) is 53.2 Å². The molecule has 0 N–H and O–H groups in total. The van der Waals surface area contributed by atoms with Crippen molar-refractivity contribution in [2.45, 2.75) is 17.5 Å². The predicted molar refractivity (Wildman–Crippen MR) is 122 cm³/mol. The molecule has 4 rings (SSSR count). The molecule has 0 fully saturated rings. The van der Waals surface area contributed by atoms with Gasteiger partial charge in [-0.2, -0.15) is 8.78 Å². The van der Waals surface area contributed by atoms with Crippen LogP contribution in [0.3, 0.4) is 0 Å². The average Bonchev–Trinajstić information content (AvgIpc) is 3.19. The topological polar surface area (TPSA) is 27.1 Å². The van der Waals surface area contributed by atoms with Crippen LogP contribution in [0.15, 0.2) is 78.1 Å². The fourth-order valence-electron chi connectivity index (χ4n) is 3.05. The average molecular weight is 495 g/mol. The largest absolute Gasteiger partial charge is 0.435 e. The molecule has 1 heterocycles. The minimum atomic E-state index is -2.90. The van der Waals surface area contributed by atoms with Gasteiger partial charge in [-0.25, -0.2) is 9.37 Å². The van der Waals surface area contributed by atoms with E-state index in [4.69, 9.17) is 23.2 Å². The lowest BCUT2D eigenvalue weighted by Gasteiger charge is -2.13. The van der Waals surface area contributed by atoms with Gasteiger partial charge in [0.15, 0.2) is 5.16 Å². The number of rotatable bonds is 7. The summed E-state index contributed by atoms with van der Waals surface area (Å²) in [7, 11) is 0. The number of imidazole rings is 1. The lowest BCUT2D eigenvalue weighted by Crippen LogP contribution is -2.03. The maximum Gasteiger partial charge on any atom is 0.387 e. The molecule has 0 aliphatic carbocycles. The fraction of sp³-hybridized carbons (Fsp3) is 0.0870. The Balaban J connectivity index is 1.72. The summed E-state index contributed by atoms with van der Waals surface area (Å²) in [5.74, 6) is 0.318. The summed E-state index contributed by atoms with van der Waals surface area (Å²) < 4.78 is 44.6. The molecule has 164 valence electrons. The maximum absolute atomic E-state index is 13.2. The Kier molecular flexibility index (Phi) is 6.98. The molecule has 4 aromatic rings. The van der Waals surface area contributed by atoms with Crippen LogP contribution in [-0.2, 0) is 5.75 Å². The van der Waals surface area contributed by atoms with Gasteiger partial charge < -0.3 is 4.74 Å². The van der Waals surface area contributed by atoms with E-state index >= 15 is 0 Å². The minimum Gasteiger partial charge on any atom is -0.435 e. The van der Waals surface area contributed by atoms with E-state index in [1.807, 2.05) is 10.6 Å². The second kappa shape index (κ2) is 9.90. The van der Waals surface area contributed by atoms with Crippen LogP contribution in [0.2, 0.25) is 10.0 Å². The van der Waals surface area contributed by atoms with Gasteiger partial charge in [0, 0.05) is 17.0 Å². The minimum absolute atomic E-state index is 0.0560. The van der Waals surface area contributed by atoms with Crippen molar-refractivity contribution in [1.29, 1.82) is 0 Å². The van der Waals surface area contributed by atoms with Crippen molar-refractivity contribution < 1.29 is 17.9 Å². The summed E-state index contributed by atoms with van der Waals surface area (Å²) in [6, 6.07) is 17.8. The van der Waals surface area contributed by atoms with Crippen molar-refractivity contribution in [2.75, 3.05) is 0 Å². The number of hydrogen-bond acceptors (Lipinski definition) is 3. The normalized spacial score (nSPS) is 11.2. The monoisotopic (exact) mass is 494 g/mol. The molecule has 0 amide bonds. The highest BCUT2D eigenvalue weighted by Gasteiger charge is 2.16. The zero-order valence-electron chi connectivity index (χ0n) is 16.3. The maximum atomic E-state index is 13.2. The van der Waals surface area contributed by atoms with Crippen molar-refractivity contribution in [1.82, 2.24) is 9.55 Å². The van der Waals surface area contributed by atoms with Crippen LogP contribution in [-0.4, -0.2) is 16.2 Å². The quantitative estimate of drug-likeness (QED) is 0.244. The molecule has 3 aromatic carbocycles. The number of hydrogen-bond donors (Lipinski definition) is 0. The van der Waals surface area contributed by atoms with Crippen LogP contribution in [0, 0.1) is 5.82 Å². The summed E-state index contributed by atoms with van der Waals surface area (Å²) in [6.45, 7) is -2.90. The van der Waals surface area contributed by atoms with Gasteiger partial charge in [-0.3, -0.25) is 4.57 Å². The summed E-state index contributed by atoms with van der Waals surface area (Å²) >= 11 is 13.7. The molecule has 0 saturated carbocycles. The van der Waals surface area contributed by atoms with E-state index in [-0.39, 0.29) is 11.6 Å². The summed E-state index contributed by atoms with van der Waals surface area (Å²) in [5.41, 5.74) is 3.16. The highest BCUT2D eigenvalue weighted by molar-refractivity contribution is 7.98. The van der Waals surface area contributed by atoms with Crippen molar-refractivity contribution in [3.05, 3.63) is 94.4 Å². The lowest BCUT2D eigenvalue weighted by atomic mass is 10.1. The fourth-order valence-corrected chi connectivity index (χ4v) is 4.30. The van der Waals surface area contributed by atoms with Crippen LogP contribution in [0.1, 0.15) is 5.56 Å². The molecule has 0 saturated heterocycles. The molecule has 3 nitrogen and oxygen atoms in total. The number of alkyl halides is 2. The van der Waals surface area contributed by atoms with Crippen LogP contribution < -0.4 is 4.74 Å². The zero-order valence-corrected chi connectivity index (χ0v) is 18.6. The standard InChI is InChI=1S/C23H15Cl2F3N2OS/c24-19-10-3-15(11-20(19)25)21-12-29-23(32-13-14-1-4-16(26)5-2-14)30(21)17-6-8-18(9-7-17)31-22(27)28/h1-12,22H,13H2. The van der Waals surface area contributed by atoms with E-state index < -0.39 is 6.61 Å². The summed E-state index contributed by atoms with van der Waals surface area (Å²) in [5, 5.41) is 1.50. The van der Waals surface area contributed by atoms with Gasteiger partial charge in [-0.05, 0) is 54.1 Å². The molecule has 0 atom stereocenters. The van der Waals surface area contributed by atoms with E-state index in [2.05, 4.69) is 9.72 Å². The first-order chi connectivity index (χ1) is 15.4. The molecule has 9 heteroatoms. The van der Waals surface area contributed by atoms with Crippen LogP contribution in [0.4, 0.5) is 13.2 Å². The second-order valence-corrected chi connectivity index (χ2v) is 8.43. The van der Waals surface area contributed by atoms with Gasteiger partial charge in [0.25, 0.3) is 0 Å². The third kappa shape index (κ3) is 5.23. The first-order valence-corrected chi connectivity index (χ1v) is 11.1. The van der Waals surface area contributed by atoms with Crippen molar-refractivity contribution >= 4 is 35.0 Å². The highest BCUT2D eigenvalue weighted by atomic mass is 35.5. The molecule has 1 aromatic heterocycles. The Hall–Kier alpha value is -2.61. The van der Waals surface area contributed by atoms with Crippen molar-refractivity contribution in [3.8, 4) is 22.7 Å². The number of aromatic nitrogens is 2.